The molecular weight excluding hydrogens is 433 g/mol. The zero-order valence-corrected chi connectivity index (χ0v) is 11.7. The van der Waals surface area contributed by atoms with Crippen molar-refractivity contribution in [1.29, 1.82) is 0 Å². The van der Waals surface area contributed by atoms with Gasteiger partial charge < -0.3 is 4.90 Å². The van der Waals surface area contributed by atoms with E-state index in [0.29, 0.717) is 0 Å². The van der Waals surface area contributed by atoms with E-state index in [2.05, 4.69) is 24.0 Å². The molecule has 0 spiro atoms. The van der Waals surface area contributed by atoms with Crippen molar-refractivity contribution >= 4 is 49.8 Å². The third kappa shape index (κ3) is 26.4. The van der Waals surface area contributed by atoms with Crippen molar-refractivity contribution < 1.29 is 4.79 Å². The molecule has 0 aromatic rings. The molecule has 0 atom stereocenters. The molecule has 48 valence electrons. The molecule has 2 nitrogen and oxygen atoms in total. The van der Waals surface area contributed by atoms with Crippen LogP contribution in [0.4, 0.5) is 0 Å². The van der Waals surface area contributed by atoms with Crippen molar-refractivity contribution in [2.75, 3.05) is 14.1 Å². The Bertz CT molecular complexity index is 52.5. The van der Waals surface area contributed by atoms with Crippen molar-refractivity contribution in [3.8, 4) is 0 Å². The number of hydrogen-bond donors (Lipinski definition) is 0. The van der Waals surface area contributed by atoms with Crippen LogP contribution in [0, 0.1) is 0 Å². The van der Waals surface area contributed by atoms with Gasteiger partial charge in [0.05, 0.1) is 0 Å². The van der Waals surface area contributed by atoms with Gasteiger partial charge in [-0.2, -0.15) is 0 Å². The predicted molar refractivity (Wildman–Crippen MR) is 43.4 cm³/mol. The van der Waals surface area contributed by atoms with Gasteiger partial charge in [-0.05, 0) is 0 Å². The van der Waals surface area contributed by atoms with E-state index in [0.717, 1.165) is 6.41 Å². The van der Waals surface area contributed by atoms with Crippen LogP contribution in [0.15, 0.2) is 0 Å². The second-order valence-electron chi connectivity index (χ2n) is 1.14. The molecule has 5 heteroatoms. The van der Waals surface area contributed by atoms with E-state index >= 15 is 0 Å². The van der Waals surface area contributed by atoms with E-state index in [4.69, 9.17) is 0 Å². The summed E-state index contributed by atoms with van der Waals surface area (Å²) in [5, 5.41) is 0. The van der Waals surface area contributed by atoms with Crippen molar-refractivity contribution in [3.05, 3.63) is 0 Å². The predicted octanol–water partition coefficient (Wildman–Crippen LogP) is 1.01. The number of carbonyl (C=O) groups excluding carboxylic acids is 1. The second-order valence-corrected chi connectivity index (χ2v) is 18.0. The molecule has 0 aromatic heterocycles. The summed E-state index contributed by atoms with van der Waals surface area (Å²) in [5.41, 5.74) is 0. The van der Waals surface area contributed by atoms with E-state index < -0.39 is 0 Å². The van der Waals surface area contributed by atoms with E-state index in [-0.39, 0.29) is 19.4 Å². The molecule has 0 fully saturated rings. The molecule has 0 heterocycles. The van der Waals surface area contributed by atoms with Crippen LogP contribution >= 0.6 is 24.0 Å². The van der Waals surface area contributed by atoms with Crippen molar-refractivity contribution in [2.45, 2.75) is 0 Å². The number of nitrogens with zero attached hydrogens (tertiary/aromatic N) is 1. The Morgan fingerprint density at radius 1 is 1.50 bits per heavy atom. The molecule has 2 radical (unpaired) electrons. The third-order valence-electron chi connectivity index (χ3n) is 0.211. The van der Waals surface area contributed by atoms with Gasteiger partial charge in [0.1, 0.15) is 0 Å². The van der Waals surface area contributed by atoms with Gasteiger partial charge in [-0.25, -0.2) is 0 Å². The first-order chi connectivity index (χ1) is 3.68. The molecule has 0 N–H and O–H groups in total. The van der Waals surface area contributed by atoms with Gasteiger partial charge in [-0.3, -0.25) is 4.79 Å². The summed E-state index contributed by atoms with van der Waals surface area (Å²) in [4.78, 5) is 10.9. The van der Waals surface area contributed by atoms with Crippen LogP contribution in [0.2, 0.25) is 0 Å². The summed E-state index contributed by atoms with van der Waals surface area (Å²) in [5.74, 6) is 0. The zero-order chi connectivity index (χ0) is 6.99. The second kappa shape index (κ2) is 11.2. The standard InChI is InChI=1S/C3H7NO.2BrH.Pb/c1-4(2)3-5;;;/h3H,1-2H3;2*1H;/q;;;+2/p-2. The number of amides is 1. The summed E-state index contributed by atoms with van der Waals surface area (Å²) in [6.07, 6.45) is 0.750. The van der Waals surface area contributed by atoms with Crippen LogP contribution < -0.4 is 0 Å². The van der Waals surface area contributed by atoms with Crippen molar-refractivity contribution in [1.82, 2.24) is 4.90 Å². The van der Waals surface area contributed by atoms with Gasteiger partial charge >= 0.3 is 43.4 Å². The van der Waals surface area contributed by atoms with Gasteiger partial charge in [0.25, 0.3) is 0 Å². The molecule has 8 heavy (non-hydrogen) atoms. The Balaban J connectivity index is 0. The number of carbonyl (C=O) groups is 1. The quantitative estimate of drug-likeness (QED) is 0.441. The molecular formula is C3H7Br2NOPb. The molecule has 0 unspecified atom stereocenters. The minimum atomic E-state index is -0.292. The molecule has 0 rings (SSSR count). The maximum atomic E-state index is 9.43. The van der Waals surface area contributed by atoms with Gasteiger partial charge in [0.2, 0.25) is 6.41 Å². The summed E-state index contributed by atoms with van der Waals surface area (Å²) >= 11 is 6.22. The van der Waals surface area contributed by atoms with E-state index in [1.165, 1.54) is 4.90 Å². The van der Waals surface area contributed by atoms with Gasteiger partial charge in [0.15, 0.2) is 0 Å². The van der Waals surface area contributed by atoms with Gasteiger partial charge in [-0.1, -0.05) is 0 Å². The Labute approximate surface area is 72.8 Å². The van der Waals surface area contributed by atoms with Crippen molar-refractivity contribution in [3.63, 3.8) is 0 Å². The molecule has 1 amide bonds. The first-order valence-corrected chi connectivity index (χ1v) is 18.6. The van der Waals surface area contributed by atoms with Crippen LogP contribution in [-0.4, -0.2) is 44.8 Å². The van der Waals surface area contributed by atoms with E-state index in [9.17, 15) is 4.79 Å². The number of rotatable bonds is 1. The van der Waals surface area contributed by atoms with E-state index in [1.807, 2.05) is 0 Å². The fourth-order valence-corrected chi connectivity index (χ4v) is 0. The molecule has 0 aliphatic heterocycles. The Hall–Kier alpha value is 1.35. The molecule has 0 aliphatic rings. The monoisotopic (exact) mass is 439 g/mol. The number of halogens is 2. The van der Waals surface area contributed by atoms with Crippen LogP contribution in [0.5, 0.6) is 0 Å². The molecule has 0 saturated carbocycles. The minimum absolute atomic E-state index is 0.292. The van der Waals surface area contributed by atoms with Crippen LogP contribution in [0.1, 0.15) is 0 Å². The normalized spacial score (nSPS) is 6.50. The Morgan fingerprint density at radius 3 is 1.62 bits per heavy atom. The molecule has 0 aromatic carbocycles. The van der Waals surface area contributed by atoms with Gasteiger partial charge in [-0.15, -0.1) is 0 Å². The maximum absolute atomic E-state index is 9.43. The van der Waals surface area contributed by atoms with Crippen LogP contribution in [0.3, 0.4) is 0 Å². The summed E-state index contributed by atoms with van der Waals surface area (Å²) < 4.78 is 0. The van der Waals surface area contributed by atoms with Crippen molar-refractivity contribution in [2.24, 2.45) is 0 Å². The topological polar surface area (TPSA) is 20.3 Å². The number of hydrogen-bond acceptors (Lipinski definition) is 1. The fourth-order valence-electron chi connectivity index (χ4n) is 0. The first-order valence-electron chi connectivity index (χ1n) is 1.77. The van der Waals surface area contributed by atoms with Crippen LogP contribution in [0.25, 0.3) is 0 Å². The Kier molecular flexibility index (Phi) is 16.9. The fraction of sp³-hybridized carbons (Fsp3) is 0.667. The zero-order valence-electron chi connectivity index (χ0n) is 4.69. The summed E-state index contributed by atoms with van der Waals surface area (Å²) in [6.45, 7) is 0. The summed E-state index contributed by atoms with van der Waals surface area (Å²) in [6, 6.07) is 0. The Morgan fingerprint density at radius 2 is 1.62 bits per heavy atom. The van der Waals surface area contributed by atoms with Gasteiger partial charge in [0, 0.05) is 14.1 Å². The molecule has 0 saturated heterocycles. The average molecular weight is 440 g/mol. The van der Waals surface area contributed by atoms with E-state index in [1.54, 1.807) is 14.1 Å². The molecule has 0 bridgehead atoms. The SMILES string of the molecule is CN(C)C=O.[Br][Pb][Br]. The average Bonchev–Trinajstić information content (AvgIpc) is 1.69. The summed E-state index contributed by atoms with van der Waals surface area (Å²) in [7, 11) is 3.38. The first kappa shape index (κ1) is 12.1. The third-order valence-corrected chi connectivity index (χ3v) is 0.211. The molecule has 0 aliphatic carbocycles. The van der Waals surface area contributed by atoms with Crippen LogP contribution in [-0.2, 0) is 4.79 Å².